The van der Waals surface area contributed by atoms with Crippen LogP contribution >= 0.6 is 0 Å². The Balaban J connectivity index is 1.34. The molecule has 35 heavy (non-hydrogen) atoms. The van der Waals surface area contributed by atoms with E-state index in [9.17, 15) is 19.5 Å². The summed E-state index contributed by atoms with van der Waals surface area (Å²) in [6, 6.07) is 17.1. The molecule has 1 unspecified atom stereocenters. The van der Waals surface area contributed by atoms with Crippen LogP contribution < -0.4 is 5.32 Å². The maximum absolute atomic E-state index is 13.1. The average molecular weight is 477 g/mol. The van der Waals surface area contributed by atoms with Crippen molar-refractivity contribution in [2.75, 3.05) is 32.8 Å². The monoisotopic (exact) mass is 476 g/mol. The number of rotatable bonds is 6. The van der Waals surface area contributed by atoms with E-state index in [2.05, 4.69) is 10.3 Å². The van der Waals surface area contributed by atoms with E-state index in [1.807, 2.05) is 42.5 Å². The molecular weight excluding hydrogens is 448 g/mol. The molecule has 0 bridgehead atoms. The molecule has 2 N–H and O–H groups in total. The summed E-state index contributed by atoms with van der Waals surface area (Å²) in [5.74, 6) is -0.851. The number of nitrogens with zero attached hydrogens (tertiary/aromatic N) is 3. The van der Waals surface area contributed by atoms with E-state index < -0.39 is 30.6 Å². The van der Waals surface area contributed by atoms with Gasteiger partial charge in [0.1, 0.15) is 12.6 Å². The molecule has 9 nitrogen and oxygen atoms in total. The van der Waals surface area contributed by atoms with Crippen molar-refractivity contribution in [3.63, 3.8) is 0 Å². The minimum atomic E-state index is -1.09. The van der Waals surface area contributed by atoms with Gasteiger partial charge in [0.05, 0.1) is 17.7 Å². The number of nitrogens with one attached hydrogen (secondary N) is 1. The van der Waals surface area contributed by atoms with Gasteiger partial charge in [0, 0.05) is 37.8 Å². The minimum absolute atomic E-state index is 0.182. The van der Waals surface area contributed by atoms with Crippen LogP contribution in [0.4, 0.5) is 4.79 Å². The van der Waals surface area contributed by atoms with E-state index in [4.69, 9.17) is 4.74 Å². The van der Waals surface area contributed by atoms with Crippen molar-refractivity contribution < 1.29 is 24.2 Å². The number of amides is 3. The lowest BCUT2D eigenvalue weighted by molar-refractivity contribution is -0.134. The Hall–Kier alpha value is -3.98. The van der Waals surface area contributed by atoms with Crippen LogP contribution in [-0.2, 0) is 16.1 Å². The molecule has 3 aromatic rings. The molecule has 2 aromatic carbocycles. The number of benzene rings is 2. The Morgan fingerprint density at radius 1 is 0.943 bits per heavy atom. The van der Waals surface area contributed by atoms with Crippen molar-refractivity contribution in [1.82, 2.24) is 20.1 Å². The van der Waals surface area contributed by atoms with Gasteiger partial charge in [0.2, 0.25) is 5.91 Å². The molecular formula is C26H28N4O5. The molecule has 0 aliphatic carbocycles. The number of pyridine rings is 1. The summed E-state index contributed by atoms with van der Waals surface area (Å²) < 4.78 is 5.41. The standard InChI is InChI=1S/C26H28N4O5/c31-17-23(28-24(32)21-11-12-27-22-10-5-4-9-20(21)22)25(33)29-13-6-14-30(16-15-29)26(34)35-18-19-7-2-1-3-8-19/h1-5,7-12,23,31H,6,13-18H2,(H,28,32). The molecule has 1 aromatic heterocycles. The highest BCUT2D eigenvalue weighted by molar-refractivity contribution is 6.07. The number of aromatic nitrogens is 1. The first kappa shape index (κ1) is 24.2. The highest BCUT2D eigenvalue weighted by atomic mass is 16.6. The average Bonchev–Trinajstić information content (AvgIpc) is 3.16. The largest absolute Gasteiger partial charge is 0.445 e. The van der Waals surface area contributed by atoms with Gasteiger partial charge in [0.15, 0.2) is 0 Å². The first-order valence-electron chi connectivity index (χ1n) is 11.6. The highest BCUT2D eigenvalue weighted by Gasteiger charge is 2.29. The second-order valence-electron chi connectivity index (χ2n) is 8.29. The lowest BCUT2D eigenvalue weighted by Gasteiger charge is -2.26. The molecule has 3 amide bonds. The molecule has 0 saturated carbocycles. The zero-order valence-electron chi connectivity index (χ0n) is 19.3. The second kappa shape index (κ2) is 11.4. The van der Waals surface area contributed by atoms with Gasteiger partial charge < -0.3 is 25.0 Å². The van der Waals surface area contributed by atoms with Crippen molar-refractivity contribution >= 4 is 28.8 Å². The molecule has 182 valence electrons. The van der Waals surface area contributed by atoms with Crippen molar-refractivity contribution in [3.05, 3.63) is 78.0 Å². The summed E-state index contributed by atoms with van der Waals surface area (Å²) in [5.41, 5.74) is 1.94. The number of carbonyl (C=O) groups excluding carboxylic acids is 3. The number of carbonyl (C=O) groups is 3. The van der Waals surface area contributed by atoms with Gasteiger partial charge >= 0.3 is 6.09 Å². The molecule has 1 atom stereocenters. The normalized spacial score (nSPS) is 14.8. The third-order valence-corrected chi connectivity index (χ3v) is 5.95. The summed E-state index contributed by atoms with van der Waals surface area (Å²) in [6.07, 6.45) is 1.67. The Bertz CT molecular complexity index is 1180. The Morgan fingerprint density at radius 2 is 1.66 bits per heavy atom. The van der Waals surface area contributed by atoms with Crippen LogP contribution in [-0.4, -0.2) is 76.6 Å². The predicted octanol–water partition coefficient (Wildman–Crippen LogP) is 2.20. The van der Waals surface area contributed by atoms with Gasteiger partial charge in [-0.25, -0.2) is 4.79 Å². The first-order chi connectivity index (χ1) is 17.1. The fourth-order valence-corrected chi connectivity index (χ4v) is 4.07. The fraction of sp³-hybridized carbons (Fsp3) is 0.308. The van der Waals surface area contributed by atoms with Crippen molar-refractivity contribution in [2.45, 2.75) is 19.1 Å². The third kappa shape index (κ3) is 5.93. The van der Waals surface area contributed by atoms with Crippen LogP contribution in [0.1, 0.15) is 22.3 Å². The predicted molar refractivity (Wildman–Crippen MR) is 129 cm³/mol. The van der Waals surface area contributed by atoms with Crippen LogP contribution in [0.3, 0.4) is 0 Å². The van der Waals surface area contributed by atoms with E-state index in [-0.39, 0.29) is 13.2 Å². The van der Waals surface area contributed by atoms with Crippen LogP contribution in [0.2, 0.25) is 0 Å². The van der Waals surface area contributed by atoms with Gasteiger partial charge in [-0.15, -0.1) is 0 Å². The third-order valence-electron chi connectivity index (χ3n) is 5.95. The van der Waals surface area contributed by atoms with E-state index in [1.54, 1.807) is 28.0 Å². The number of aliphatic hydroxyl groups is 1. The lowest BCUT2D eigenvalue weighted by Crippen LogP contribution is -2.51. The SMILES string of the molecule is O=C(NC(CO)C(=O)N1CCCN(C(=O)OCc2ccccc2)CC1)c1ccnc2ccccc12. The molecule has 4 rings (SSSR count). The molecule has 2 heterocycles. The van der Waals surface area contributed by atoms with Crippen molar-refractivity contribution in [2.24, 2.45) is 0 Å². The maximum Gasteiger partial charge on any atom is 0.410 e. The number of aliphatic hydroxyl groups excluding tert-OH is 1. The molecule has 1 saturated heterocycles. The van der Waals surface area contributed by atoms with Crippen LogP contribution in [0.25, 0.3) is 10.9 Å². The number of hydrogen-bond donors (Lipinski definition) is 2. The molecule has 0 spiro atoms. The summed E-state index contributed by atoms with van der Waals surface area (Å²) in [6.45, 7) is 1.10. The number of para-hydroxylation sites is 1. The van der Waals surface area contributed by atoms with Crippen molar-refractivity contribution in [1.29, 1.82) is 0 Å². The van der Waals surface area contributed by atoms with Gasteiger partial charge in [-0.3, -0.25) is 14.6 Å². The highest BCUT2D eigenvalue weighted by Crippen LogP contribution is 2.16. The summed E-state index contributed by atoms with van der Waals surface area (Å²) in [4.78, 5) is 45.9. The van der Waals surface area contributed by atoms with Crippen LogP contribution in [0.5, 0.6) is 0 Å². The topological polar surface area (TPSA) is 112 Å². The van der Waals surface area contributed by atoms with Crippen molar-refractivity contribution in [3.8, 4) is 0 Å². The summed E-state index contributed by atoms with van der Waals surface area (Å²) in [5, 5.41) is 13.2. The maximum atomic E-state index is 13.1. The Morgan fingerprint density at radius 3 is 2.46 bits per heavy atom. The zero-order valence-corrected chi connectivity index (χ0v) is 19.3. The number of hydrogen-bond acceptors (Lipinski definition) is 6. The molecule has 1 aliphatic heterocycles. The fourth-order valence-electron chi connectivity index (χ4n) is 4.07. The second-order valence-corrected chi connectivity index (χ2v) is 8.29. The molecule has 0 radical (unpaired) electrons. The quantitative estimate of drug-likeness (QED) is 0.564. The van der Waals surface area contributed by atoms with E-state index >= 15 is 0 Å². The Kier molecular flexibility index (Phi) is 7.89. The van der Waals surface area contributed by atoms with E-state index in [1.165, 1.54) is 6.20 Å². The van der Waals surface area contributed by atoms with Crippen LogP contribution in [0, 0.1) is 0 Å². The lowest BCUT2D eigenvalue weighted by atomic mass is 10.1. The molecule has 1 fully saturated rings. The van der Waals surface area contributed by atoms with Gasteiger partial charge in [-0.1, -0.05) is 48.5 Å². The van der Waals surface area contributed by atoms with E-state index in [0.717, 1.165) is 5.56 Å². The van der Waals surface area contributed by atoms with Crippen LogP contribution in [0.15, 0.2) is 66.9 Å². The first-order valence-corrected chi connectivity index (χ1v) is 11.6. The summed E-state index contributed by atoms with van der Waals surface area (Å²) >= 11 is 0. The smallest absolute Gasteiger partial charge is 0.410 e. The number of fused-ring (bicyclic) bond motifs is 1. The summed E-state index contributed by atoms with van der Waals surface area (Å²) in [7, 11) is 0. The van der Waals surface area contributed by atoms with E-state index in [0.29, 0.717) is 42.5 Å². The minimum Gasteiger partial charge on any atom is -0.445 e. The number of ether oxygens (including phenoxy) is 1. The van der Waals surface area contributed by atoms with Gasteiger partial charge in [-0.05, 0) is 24.1 Å². The van der Waals surface area contributed by atoms with Gasteiger partial charge in [-0.2, -0.15) is 0 Å². The molecule has 9 heteroatoms. The van der Waals surface area contributed by atoms with Gasteiger partial charge in [0.25, 0.3) is 5.91 Å². The Labute approximate surface area is 203 Å². The molecule has 1 aliphatic rings. The zero-order chi connectivity index (χ0) is 24.6.